The van der Waals surface area contributed by atoms with E-state index in [0.717, 1.165) is 15.6 Å². The first-order chi connectivity index (χ1) is 8.06. The van der Waals surface area contributed by atoms with E-state index < -0.39 is 0 Å². The molecule has 0 radical (unpaired) electrons. The third kappa shape index (κ3) is 2.56. The maximum absolute atomic E-state index is 10.9. The molecule has 0 saturated carbocycles. The molecule has 88 valence electrons. The molecule has 0 saturated heterocycles. The Balaban J connectivity index is 2.34. The van der Waals surface area contributed by atoms with Gasteiger partial charge in [0.05, 0.1) is 5.56 Å². The summed E-state index contributed by atoms with van der Waals surface area (Å²) in [5.74, 6) is 0.247. The average molecular weight is 249 g/mol. The molecule has 0 spiro atoms. The van der Waals surface area contributed by atoms with Gasteiger partial charge in [0.1, 0.15) is 10.8 Å². The summed E-state index contributed by atoms with van der Waals surface area (Å²) in [6.45, 7) is 3.29. The van der Waals surface area contributed by atoms with Gasteiger partial charge in [0.15, 0.2) is 5.01 Å². The highest BCUT2D eigenvalue weighted by Gasteiger charge is 2.09. The number of pyridine rings is 1. The summed E-state index contributed by atoms with van der Waals surface area (Å²) in [4.78, 5) is 15.0. The molecule has 3 N–H and O–H groups in total. The van der Waals surface area contributed by atoms with Crippen LogP contribution in [0.25, 0.3) is 10.6 Å². The van der Waals surface area contributed by atoms with E-state index in [4.69, 9.17) is 5.73 Å². The number of amides is 1. The molecule has 0 aromatic carbocycles. The molecule has 0 aliphatic carbocycles. The van der Waals surface area contributed by atoms with Crippen molar-refractivity contribution in [3.63, 3.8) is 0 Å². The zero-order valence-electron chi connectivity index (χ0n) is 9.39. The van der Waals surface area contributed by atoms with Gasteiger partial charge in [-0.1, -0.05) is 11.3 Å². The normalized spacial score (nSPS) is 10.2. The Labute approximate surface area is 102 Å². The van der Waals surface area contributed by atoms with Crippen LogP contribution in [0.4, 0.5) is 11.5 Å². The van der Waals surface area contributed by atoms with Crippen molar-refractivity contribution < 1.29 is 4.79 Å². The molecule has 0 atom stereocenters. The van der Waals surface area contributed by atoms with E-state index in [9.17, 15) is 4.79 Å². The summed E-state index contributed by atoms with van der Waals surface area (Å²) in [5.41, 5.74) is 7.13. The molecule has 2 heterocycles. The van der Waals surface area contributed by atoms with Crippen molar-refractivity contribution in [3.8, 4) is 10.6 Å². The Morgan fingerprint density at radius 2 is 2.24 bits per heavy atom. The Kier molecular flexibility index (Phi) is 3.01. The highest BCUT2D eigenvalue weighted by atomic mass is 32.1. The largest absolute Gasteiger partial charge is 0.398 e. The van der Waals surface area contributed by atoms with E-state index in [1.165, 1.54) is 18.3 Å². The summed E-state index contributed by atoms with van der Waals surface area (Å²) in [5, 5.41) is 12.1. The lowest BCUT2D eigenvalue weighted by Crippen LogP contribution is -2.08. The van der Waals surface area contributed by atoms with Gasteiger partial charge >= 0.3 is 0 Å². The molecule has 1 amide bonds. The van der Waals surface area contributed by atoms with Gasteiger partial charge in [-0.2, -0.15) is 0 Å². The number of nitrogens with two attached hydrogens (primary N) is 1. The van der Waals surface area contributed by atoms with E-state index in [0.29, 0.717) is 11.5 Å². The predicted molar refractivity (Wildman–Crippen MR) is 66.6 cm³/mol. The van der Waals surface area contributed by atoms with Crippen LogP contribution in [0.5, 0.6) is 0 Å². The molecular weight excluding hydrogens is 238 g/mol. The second kappa shape index (κ2) is 4.46. The molecule has 2 aromatic rings. The Hall–Kier alpha value is -2.02. The molecule has 0 unspecified atom stereocenters. The molecule has 0 aliphatic rings. The molecule has 0 bridgehead atoms. The number of rotatable bonds is 2. The molecule has 2 rings (SSSR count). The Morgan fingerprint density at radius 3 is 2.76 bits per heavy atom. The van der Waals surface area contributed by atoms with E-state index in [1.54, 1.807) is 12.3 Å². The fourth-order valence-corrected chi connectivity index (χ4v) is 2.03. The van der Waals surface area contributed by atoms with Gasteiger partial charge < -0.3 is 11.1 Å². The number of nitrogens with zero attached hydrogens (tertiary/aromatic N) is 3. The molecule has 0 aliphatic heterocycles. The zero-order chi connectivity index (χ0) is 12.4. The quantitative estimate of drug-likeness (QED) is 0.840. The number of carbonyl (C=O) groups is 1. The third-order valence-corrected chi connectivity index (χ3v) is 2.87. The first-order valence-electron chi connectivity index (χ1n) is 4.90. The predicted octanol–water partition coefficient (Wildman–Crippen LogP) is 1.45. The van der Waals surface area contributed by atoms with Crippen molar-refractivity contribution in [2.45, 2.75) is 13.8 Å². The van der Waals surface area contributed by atoms with E-state index in [-0.39, 0.29) is 5.91 Å². The molecule has 0 fully saturated rings. The van der Waals surface area contributed by atoms with Crippen LogP contribution in [0.2, 0.25) is 0 Å². The fourth-order valence-electron chi connectivity index (χ4n) is 1.30. The number of aryl methyl sites for hydroxylation is 1. The monoisotopic (exact) mass is 249 g/mol. The zero-order valence-corrected chi connectivity index (χ0v) is 10.2. The van der Waals surface area contributed by atoms with Crippen LogP contribution in [0.3, 0.4) is 0 Å². The van der Waals surface area contributed by atoms with Gasteiger partial charge in [-0.15, -0.1) is 10.2 Å². The van der Waals surface area contributed by atoms with Gasteiger partial charge in [0.2, 0.25) is 5.91 Å². The van der Waals surface area contributed by atoms with E-state index in [2.05, 4.69) is 20.5 Å². The van der Waals surface area contributed by atoms with Crippen molar-refractivity contribution >= 4 is 28.7 Å². The minimum atomic E-state index is -0.184. The maximum atomic E-state index is 10.9. The highest BCUT2D eigenvalue weighted by Crippen LogP contribution is 2.28. The molecular formula is C10H11N5OS. The summed E-state index contributed by atoms with van der Waals surface area (Å²) < 4.78 is 0. The van der Waals surface area contributed by atoms with Gasteiger partial charge in [-0.25, -0.2) is 4.98 Å². The summed E-state index contributed by atoms with van der Waals surface area (Å²) >= 11 is 1.45. The third-order valence-electron chi connectivity index (χ3n) is 2.00. The standard InChI is InChI=1S/C10H11N5OS/c1-5(16)13-9-3-8(11)7(4-12-9)10-15-14-6(2)17-10/h3-4H,1-2H3,(H3,11,12,13,16). The molecule has 7 heteroatoms. The van der Waals surface area contributed by atoms with Crippen LogP contribution in [0.15, 0.2) is 12.3 Å². The summed E-state index contributed by atoms with van der Waals surface area (Å²) in [6.07, 6.45) is 1.58. The Bertz CT molecular complexity index is 566. The first kappa shape index (κ1) is 11.5. The topological polar surface area (TPSA) is 93.8 Å². The number of aromatic nitrogens is 3. The van der Waals surface area contributed by atoms with Crippen molar-refractivity contribution in [3.05, 3.63) is 17.3 Å². The smallest absolute Gasteiger partial charge is 0.222 e. The summed E-state index contributed by atoms with van der Waals surface area (Å²) in [6, 6.07) is 1.60. The van der Waals surface area contributed by atoms with Gasteiger partial charge in [-0.3, -0.25) is 4.79 Å². The number of hydrogen-bond donors (Lipinski definition) is 2. The molecule has 17 heavy (non-hydrogen) atoms. The summed E-state index contributed by atoms with van der Waals surface area (Å²) in [7, 11) is 0. The van der Waals surface area contributed by atoms with E-state index in [1.807, 2.05) is 6.92 Å². The first-order valence-corrected chi connectivity index (χ1v) is 5.71. The lowest BCUT2D eigenvalue weighted by Gasteiger charge is -2.05. The average Bonchev–Trinajstić information content (AvgIpc) is 2.64. The number of anilines is 2. The number of carbonyl (C=O) groups excluding carboxylic acids is 1. The number of nitrogen functional groups attached to an aromatic ring is 1. The molecule has 6 nitrogen and oxygen atoms in total. The van der Waals surface area contributed by atoms with Crippen LogP contribution in [0, 0.1) is 6.92 Å². The van der Waals surface area contributed by atoms with Crippen LogP contribution >= 0.6 is 11.3 Å². The van der Waals surface area contributed by atoms with Gasteiger partial charge in [0, 0.05) is 24.9 Å². The van der Waals surface area contributed by atoms with Crippen LogP contribution in [-0.2, 0) is 4.79 Å². The lowest BCUT2D eigenvalue weighted by molar-refractivity contribution is -0.114. The minimum absolute atomic E-state index is 0.184. The van der Waals surface area contributed by atoms with Crippen LogP contribution < -0.4 is 11.1 Å². The Morgan fingerprint density at radius 1 is 1.47 bits per heavy atom. The maximum Gasteiger partial charge on any atom is 0.222 e. The van der Waals surface area contributed by atoms with Gasteiger partial charge in [0.25, 0.3) is 0 Å². The van der Waals surface area contributed by atoms with Crippen LogP contribution in [0.1, 0.15) is 11.9 Å². The van der Waals surface area contributed by atoms with Crippen molar-refractivity contribution in [2.24, 2.45) is 0 Å². The second-order valence-corrected chi connectivity index (χ2v) is 4.65. The van der Waals surface area contributed by atoms with Crippen molar-refractivity contribution in [2.75, 3.05) is 11.1 Å². The minimum Gasteiger partial charge on any atom is -0.398 e. The van der Waals surface area contributed by atoms with Crippen molar-refractivity contribution in [1.82, 2.24) is 15.2 Å². The SMILES string of the molecule is CC(=O)Nc1cc(N)c(-c2nnc(C)s2)cn1. The number of hydrogen-bond acceptors (Lipinski definition) is 6. The van der Waals surface area contributed by atoms with Crippen molar-refractivity contribution in [1.29, 1.82) is 0 Å². The van der Waals surface area contributed by atoms with Crippen LogP contribution in [-0.4, -0.2) is 21.1 Å². The second-order valence-electron chi connectivity index (χ2n) is 3.46. The lowest BCUT2D eigenvalue weighted by atomic mass is 10.2. The number of nitrogens with one attached hydrogen (secondary N) is 1. The van der Waals surface area contributed by atoms with E-state index >= 15 is 0 Å². The highest BCUT2D eigenvalue weighted by molar-refractivity contribution is 7.14. The molecule has 2 aromatic heterocycles. The van der Waals surface area contributed by atoms with Gasteiger partial charge in [-0.05, 0) is 6.92 Å². The fraction of sp³-hybridized carbons (Fsp3) is 0.200.